The molecule has 1 N–H and O–H groups in total. The normalized spacial score (nSPS) is 11.1. The largest absolute Gasteiger partial charge is 0.322 e. The zero-order valence-corrected chi connectivity index (χ0v) is 19.3. The van der Waals surface area contributed by atoms with Gasteiger partial charge in [0.25, 0.3) is 10.0 Å². The summed E-state index contributed by atoms with van der Waals surface area (Å²) in [5, 5.41) is 3.13. The lowest BCUT2D eigenvalue weighted by Crippen LogP contribution is -2.38. The van der Waals surface area contributed by atoms with E-state index in [0.717, 1.165) is 7.88 Å². The molecule has 0 saturated carbocycles. The molecular formula is C20H15Cl2IN2O3S. The predicted molar refractivity (Wildman–Crippen MR) is 125 cm³/mol. The van der Waals surface area contributed by atoms with Gasteiger partial charge in [0.05, 0.1) is 26.3 Å². The molecule has 0 fully saturated rings. The number of benzene rings is 3. The van der Waals surface area contributed by atoms with Gasteiger partial charge < -0.3 is 5.32 Å². The van der Waals surface area contributed by atoms with E-state index in [1.807, 2.05) is 0 Å². The molecule has 0 saturated heterocycles. The van der Waals surface area contributed by atoms with Crippen LogP contribution in [0.3, 0.4) is 0 Å². The standard InChI is InChI=1S/C20H15Cl2IN2O3S/c21-17-7-4-8-18(22)20(17)24-19(26)13-25(15-11-9-14(23)10-12-15)29(27,28)16-5-2-1-3-6-16/h1-12H,13H2,(H,24,26). The summed E-state index contributed by atoms with van der Waals surface area (Å²) in [6.07, 6.45) is 0. The van der Waals surface area contributed by atoms with Gasteiger partial charge in [-0.1, -0.05) is 47.5 Å². The van der Waals surface area contributed by atoms with Crippen molar-refractivity contribution in [1.82, 2.24) is 0 Å². The summed E-state index contributed by atoms with van der Waals surface area (Å²) in [6, 6.07) is 19.6. The Morgan fingerprint density at radius 1 is 0.897 bits per heavy atom. The average Bonchev–Trinajstić information content (AvgIpc) is 2.70. The number of nitrogens with one attached hydrogen (secondary N) is 1. The first-order valence-corrected chi connectivity index (χ1v) is 11.6. The average molecular weight is 561 g/mol. The molecule has 0 aliphatic carbocycles. The zero-order chi connectivity index (χ0) is 21.0. The van der Waals surface area contributed by atoms with E-state index in [9.17, 15) is 13.2 Å². The highest BCUT2D eigenvalue weighted by Crippen LogP contribution is 2.30. The first-order valence-electron chi connectivity index (χ1n) is 8.36. The molecule has 0 unspecified atom stereocenters. The van der Waals surface area contributed by atoms with Crippen LogP contribution in [0.25, 0.3) is 0 Å². The van der Waals surface area contributed by atoms with Crippen molar-refractivity contribution in [3.8, 4) is 0 Å². The van der Waals surface area contributed by atoms with E-state index in [2.05, 4.69) is 27.9 Å². The van der Waals surface area contributed by atoms with E-state index in [1.165, 1.54) is 12.1 Å². The number of sulfonamides is 1. The molecule has 0 radical (unpaired) electrons. The zero-order valence-electron chi connectivity index (χ0n) is 14.8. The third-order valence-corrected chi connectivity index (χ3v) is 7.10. The minimum Gasteiger partial charge on any atom is -0.322 e. The molecule has 0 atom stereocenters. The first-order chi connectivity index (χ1) is 13.8. The number of anilines is 2. The molecule has 0 aliphatic rings. The lowest BCUT2D eigenvalue weighted by Gasteiger charge is -2.24. The maximum Gasteiger partial charge on any atom is 0.264 e. The summed E-state index contributed by atoms with van der Waals surface area (Å²) in [5.74, 6) is -0.571. The van der Waals surface area contributed by atoms with Gasteiger partial charge in [-0.15, -0.1) is 0 Å². The van der Waals surface area contributed by atoms with Crippen molar-refractivity contribution in [1.29, 1.82) is 0 Å². The molecule has 0 heterocycles. The maximum absolute atomic E-state index is 13.2. The van der Waals surface area contributed by atoms with Crippen molar-refractivity contribution >= 4 is 73.1 Å². The Labute approximate surface area is 192 Å². The fraction of sp³-hybridized carbons (Fsp3) is 0.0500. The number of amides is 1. The lowest BCUT2D eigenvalue weighted by molar-refractivity contribution is -0.114. The predicted octanol–water partition coefficient (Wildman–Crippen LogP) is 5.43. The molecule has 3 aromatic carbocycles. The van der Waals surface area contributed by atoms with Gasteiger partial charge in [0.2, 0.25) is 5.91 Å². The highest BCUT2D eigenvalue weighted by atomic mass is 127. The Hall–Kier alpha value is -1.81. The van der Waals surface area contributed by atoms with Crippen LogP contribution in [0.15, 0.2) is 77.7 Å². The Bertz CT molecular complexity index is 1100. The van der Waals surface area contributed by atoms with Crippen molar-refractivity contribution in [2.24, 2.45) is 0 Å². The molecule has 29 heavy (non-hydrogen) atoms. The van der Waals surface area contributed by atoms with Gasteiger partial charge in [0.15, 0.2) is 0 Å². The van der Waals surface area contributed by atoms with Crippen molar-refractivity contribution in [3.05, 3.63) is 86.4 Å². The van der Waals surface area contributed by atoms with E-state index >= 15 is 0 Å². The highest BCUT2D eigenvalue weighted by Gasteiger charge is 2.27. The molecular weight excluding hydrogens is 546 g/mol. The van der Waals surface area contributed by atoms with Crippen LogP contribution in [-0.4, -0.2) is 20.9 Å². The van der Waals surface area contributed by atoms with E-state index in [-0.39, 0.29) is 20.6 Å². The SMILES string of the molecule is O=C(CN(c1ccc(I)cc1)S(=O)(=O)c1ccccc1)Nc1c(Cl)cccc1Cl. The summed E-state index contributed by atoms with van der Waals surface area (Å²) < 4.78 is 28.5. The van der Waals surface area contributed by atoms with E-state index in [0.29, 0.717) is 5.69 Å². The van der Waals surface area contributed by atoms with Gasteiger partial charge in [0.1, 0.15) is 6.54 Å². The Kier molecular flexibility index (Phi) is 7.05. The van der Waals surface area contributed by atoms with Crippen LogP contribution in [0.5, 0.6) is 0 Å². The van der Waals surface area contributed by atoms with E-state index < -0.39 is 22.5 Å². The number of hydrogen-bond acceptors (Lipinski definition) is 3. The summed E-state index contributed by atoms with van der Waals surface area (Å²) in [6.45, 7) is -0.445. The summed E-state index contributed by atoms with van der Waals surface area (Å²) in [4.78, 5) is 12.8. The van der Waals surface area contributed by atoms with Crippen LogP contribution in [-0.2, 0) is 14.8 Å². The molecule has 3 aromatic rings. The Balaban J connectivity index is 1.96. The molecule has 1 amide bonds. The third kappa shape index (κ3) is 5.22. The van der Waals surface area contributed by atoms with Crippen molar-refractivity contribution in [2.75, 3.05) is 16.2 Å². The van der Waals surface area contributed by atoms with Gasteiger partial charge in [-0.2, -0.15) is 0 Å². The molecule has 0 spiro atoms. The van der Waals surface area contributed by atoms with Gasteiger partial charge in [-0.05, 0) is 71.1 Å². The smallest absolute Gasteiger partial charge is 0.264 e. The Morgan fingerprint density at radius 3 is 2.07 bits per heavy atom. The van der Waals surface area contributed by atoms with Crippen molar-refractivity contribution in [3.63, 3.8) is 0 Å². The second kappa shape index (κ2) is 9.34. The molecule has 3 rings (SSSR count). The second-order valence-electron chi connectivity index (χ2n) is 5.95. The number of nitrogens with zero attached hydrogens (tertiary/aromatic N) is 1. The van der Waals surface area contributed by atoms with Crippen LogP contribution in [0, 0.1) is 3.57 Å². The van der Waals surface area contributed by atoms with Crippen LogP contribution in [0.1, 0.15) is 0 Å². The van der Waals surface area contributed by atoms with Crippen LogP contribution in [0.2, 0.25) is 10.0 Å². The van der Waals surface area contributed by atoms with E-state index in [1.54, 1.807) is 60.7 Å². The molecule has 9 heteroatoms. The number of hydrogen-bond donors (Lipinski definition) is 1. The van der Waals surface area contributed by atoms with Gasteiger partial charge in [-0.3, -0.25) is 9.10 Å². The quantitative estimate of drug-likeness (QED) is 0.409. The monoisotopic (exact) mass is 560 g/mol. The van der Waals surface area contributed by atoms with E-state index in [4.69, 9.17) is 23.2 Å². The summed E-state index contributed by atoms with van der Waals surface area (Å²) in [7, 11) is -3.97. The second-order valence-corrected chi connectivity index (χ2v) is 9.87. The fourth-order valence-corrected chi connectivity index (χ4v) is 4.86. The fourth-order valence-electron chi connectivity index (χ4n) is 2.57. The first kappa shape index (κ1) is 21.9. The Morgan fingerprint density at radius 2 is 1.48 bits per heavy atom. The molecule has 0 aromatic heterocycles. The minimum atomic E-state index is -3.97. The van der Waals surface area contributed by atoms with Gasteiger partial charge in [0, 0.05) is 3.57 Å². The minimum absolute atomic E-state index is 0.0853. The van der Waals surface area contributed by atoms with Gasteiger partial charge in [-0.25, -0.2) is 8.42 Å². The number of carbonyl (C=O) groups is 1. The number of halogens is 3. The molecule has 150 valence electrons. The number of para-hydroxylation sites is 1. The van der Waals surface area contributed by atoms with Gasteiger partial charge >= 0.3 is 0 Å². The van der Waals surface area contributed by atoms with Crippen LogP contribution in [0.4, 0.5) is 11.4 Å². The maximum atomic E-state index is 13.2. The summed E-state index contributed by atoms with van der Waals surface area (Å²) >= 11 is 14.3. The topological polar surface area (TPSA) is 66.5 Å². The lowest BCUT2D eigenvalue weighted by atomic mass is 10.3. The molecule has 5 nitrogen and oxygen atoms in total. The highest BCUT2D eigenvalue weighted by molar-refractivity contribution is 14.1. The number of carbonyl (C=O) groups excluding carboxylic acids is 1. The van der Waals surface area contributed by atoms with Crippen LogP contribution < -0.4 is 9.62 Å². The van der Waals surface area contributed by atoms with Crippen LogP contribution >= 0.6 is 45.8 Å². The summed E-state index contributed by atoms with van der Waals surface area (Å²) in [5.41, 5.74) is 0.607. The van der Waals surface area contributed by atoms with Crippen molar-refractivity contribution in [2.45, 2.75) is 4.90 Å². The third-order valence-electron chi connectivity index (χ3n) is 3.96. The van der Waals surface area contributed by atoms with Crippen molar-refractivity contribution < 1.29 is 13.2 Å². The number of rotatable bonds is 6. The molecule has 0 bridgehead atoms. The molecule has 0 aliphatic heterocycles.